The molecule has 3 nitrogen and oxygen atoms in total. The van der Waals surface area contributed by atoms with Gasteiger partial charge in [-0.2, -0.15) is 0 Å². The monoisotopic (exact) mass is 179 g/mol. The number of anilines is 1. The van der Waals surface area contributed by atoms with Crippen LogP contribution in [0.2, 0.25) is 0 Å². The van der Waals surface area contributed by atoms with E-state index in [1.165, 1.54) is 19.3 Å². The number of piperidine rings is 1. The number of rotatable bonds is 2. The molecular formula is C10H13NO2. The minimum atomic E-state index is 0.417. The van der Waals surface area contributed by atoms with E-state index < -0.39 is 0 Å². The second-order valence-corrected chi connectivity index (χ2v) is 3.37. The second-order valence-electron chi connectivity index (χ2n) is 3.37. The standard InChI is InChI=1S/C10H13NO2/c12-7-10-6-9(8-13-10)11-4-2-1-3-5-11/h6-8H,1-5H2. The third kappa shape index (κ3) is 1.74. The van der Waals surface area contributed by atoms with Crippen molar-refractivity contribution >= 4 is 12.0 Å². The van der Waals surface area contributed by atoms with Crippen molar-refractivity contribution in [3.8, 4) is 0 Å². The van der Waals surface area contributed by atoms with Crippen LogP contribution >= 0.6 is 0 Å². The van der Waals surface area contributed by atoms with Crippen molar-refractivity contribution in [3.05, 3.63) is 18.1 Å². The summed E-state index contributed by atoms with van der Waals surface area (Å²) in [5.41, 5.74) is 1.04. The quantitative estimate of drug-likeness (QED) is 0.652. The van der Waals surface area contributed by atoms with E-state index in [4.69, 9.17) is 4.42 Å². The van der Waals surface area contributed by atoms with Crippen LogP contribution in [0.4, 0.5) is 5.69 Å². The molecule has 1 aromatic rings. The first-order valence-electron chi connectivity index (χ1n) is 4.69. The highest BCUT2D eigenvalue weighted by atomic mass is 16.3. The largest absolute Gasteiger partial charge is 0.459 e. The summed E-state index contributed by atoms with van der Waals surface area (Å²) in [6, 6.07) is 1.80. The molecule has 0 unspecified atom stereocenters. The molecule has 70 valence electrons. The Balaban J connectivity index is 2.09. The molecule has 0 aliphatic carbocycles. The molecular weight excluding hydrogens is 166 g/mol. The average molecular weight is 179 g/mol. The van der Waals surface area contributed by atoms with Crippen molar-refractivity contribution in [1.82, 2.24) is 0 Å². The Morgan fingerprint density at radius 2 is 2.08 bits per heavy atom. The molecule has 1 aliphatic rings. The maximum absolute atomic E-state index is 10.4. The summed E-state index contributed by atoms with van der Waals surface area (Å²) in [6.45, 7) is 2.16. The fraction of sp³-hybridized carbons (Fsp3) is 0.500. The van der Waals surface area contributed by atoms with Crippen LogP contribution in [0, 0.1) is 0 Å². The van der Waals surface area contributed by atoms with Crippen molar-refractivity contribution in [3.63, 3.8) is 0 Å². The van der Waals surface area contributed by atoms with E-state index in [9.17, 15) is 4.79 Å². The number of carbonyl (C=O) groups excluding carboxylic acids is 1. The highest BCUT2D eigenvalue weighted by Gasteiger charge is 2.12. The van der Waals surface area contributed by atoms with Gasteiger partial charge in [0.15, 0.2) is 12.0 Å². The summed E-state index contributed by atoms with van der Waals surface area (Å²) < 4.78 is 5.06. The first-order valence-corrected chi connectivity index (χ1v) is 4.69. The number of aldehydes is 1. The topological polar surface area (TPSA) is 33.5 Å². The van der Waals surface area contributed by atoms with E-state index in [1.54, 1.807) is 12.3 Å². The zero-order valence-electron chi connectivity index (χ0n) is 7.53. The van der Waals surface area contributed by atoms with Crippen LogP contribution in [-0.4, -0.2) is 19.4 Å². The number of nitrogens with zero attached hydrogens (tertiary/aromatic N) is 1. The lowest BCUT2D eigenvalue weighted by Gasteiger charge is -2.26. The van der Waals surface area contributed by atoms with E-state index in [1.807, 2.05) is 0 Å². The average Bonchev–Trinajstić information content (AvgIpc) is 2.67. The van der Waals surface area contributed by atoms with E-state index in [0.717, 1.165) is 25.1 Å². The lowest BCUT2D eigenvalue weighted by Crippen LogP contribution is -2.28. The predicted octanol–water partition coefficient (Wildman–Crippen LogP) is 2.08. The molecule has 0 atom stereocenters. The predicted molar refractivity (Wildman–Crippen MR) is 50.2 cm³/mol. The van der Waals surface area contributed by atoms with E-state index >= 15 is 0 Å². The van der Waals surface area contributed by atoms with Gasteiger partial charge in [0, 0.05) is 19.2 Å². The van der Waals surface area contributed by atoms with Gasteiger partial charge in [0.2, 0.25) is 0 Å². The van der Waals surface area contributed by atoms with Crippen LogP contribution in [0.5, 0.6) is 0 Å². The van der Waals surface area contributed by atoms with Crippen LogP contribution in [0.3, 0.4) is 0 Å². The summed E-state index contributed by atoms with van der Waals surface area (Å²) in [5.74, 6) is 0.417. The van der Waals surface area contributed by atoms with Gasteiger partial charge in [0.05, 0.1) is 5.69 Å². The van der Waals surface area contributed by atoms with Gasteiger partial charge < -0.3 is 9.32 Å². The Morgan fingerprint density at radius 3 is 2.69 bits per heavy atom. The lowest BCUT2D eigenvalue weighted by molar-refractivity contribution is 0.110. The molecule has 1 saturated heterocycles. The smallest absolute Gasteiger partial charge is 0.185 e. The lowest BCUT2D eigenvalue weighted by atomic mass is 10.1. The van der Waals surface area contributed by atoms with Crippen molar-refractivity contribution in [1.29, 1.82) is 0 Å². The summed E-state index contributed by atoms with van der Waals surface area (Å²) in [6.07, 6.45) is 6.20. The number of furan rings is 1. The third-order valence-electron chi connectivity index (χ3n) is 2.44. The molecule has 1 fully saturated rings. The Labute approximate surface area is 77.3 Å². The third-order valence-corrected chi connectivity index (χ3v) is 2.44. The van der Waals surface area contributed by atoms with Gasteiger partial charge in [-0.15, -0.1) is 0 Å². The summed E-state index contributed by atoms with van der Waals surface area (Å²) >= 11 is 0. The van der Waals surface area contributed by atoms with Crippen LogP contribution in [0.15, 0.2) is 16.7 Å². The Bertz CT molecular complexity index is 287. The molecule has 1 aliphatic heterocycles. The maximum Gasteiger partial charge on any atom is 0.185 e. The van der Waals surface area contributed by atoms with Gasteiger partial charge in [-0.25, -0.2) is 0 Å². The van der Waals surface area contributed by atoms with Crippen LogP contribution in [0.25, 0.3) is 0 Å². The van der Waals surface area contributed by atoms with E-state index in [2.05, 4.69) is 4.90 Å². The molecule has 0 spiro atoms. The molecule has 0 radical (unpaired) electrons. The van der Waals surface area contributed by atoms with E-state index in [-0.39, 0.29) is 0 Å². The van der Waals surface area contributed by atoms with Crippen LogP contribution in [0.1, 0.15) is 29.8 Å². The number of hydrogen-bond acceptors (Lipinski definition) is 3. The van der Waals surface area contributed by atoms with Gasteiger partial charge >= 0.3 is 0 Å². The minimum Gasteiger partial charge on any atom is -0.459 e. The van der Waals surface area contributed by atoms with Gasteiger partial charge in [-0.05, 0) is 19.3 Å². The number of hydrogen-bond donors (Lipinski definition) is 0. The Hall–Kier alpha value is -1.25. The molecule has 2 rings (SSSR count). The molecule has 0 bridgehead atoms. The zero-order valence-corrected chi connectivity index (χ0v) is 7.53. The molecule has 1 aromatic heterocycles. The molecule has 3 heteroatoms. The summed E-state index contributed by atoms with van der Waals surface area (Å²) in [5, 5.41) is 0. The highest BCUT2D eigenvalue weighted by Crippen LogP contribution is 2.21. The molecule has 0 N–H and O–H groups in total. The Morgan fingerprint density at radius 1 is 1.31 bits per heavy atom. The molecule has 13 heavy (non-hydrogen) atoms. The van der Waals surface area contributed by atoms with Crippen molar-refractivity contribution < 1.29 is 9.21 Å². The maximum atomic E-state index is 10.4. The molecule has 0 aromatic carbocycles. The Kier molecular flexibility index (Phi) is 2.34. The fourth-order valence-corrected chi connectivity index (χ4v) is 1.72. The SMILES string of the molecule is O=Cc1cc(N2CCCCC2)co1. The van der Waals surface area contributed by atoms with Crippen molar-refractivity contribution in [2.24, 2.45) is 0 Å². The molecule has 2 heterocycles. The molecule has 0 saturated carbocycles. The van der Waals surface area contributed by atoms with Gasteiger partial charge in [0.25, 0.3) is 0 Å². The van der Waals surface area contributed by atoms with Crippen LogP contribution < -0.4 is 4.90 Å². The van der Waals surface area contributed by atoms with Gasteiger partial charge in [0.1, 0.15) is 6.26 Å². The highest BCUT2D eigenvalue weighted by molar-refractivity contribution is 5.73. The van der Waals surface area contributed by atoms with Crippen molar-refractivity contribution in [2.45, 2.75) is 19.3 Å². The normalized spacial score (nSPS) is 17.4. The first-order chi connectivity index (χ1) is 6.40. The first kappa shape index (κ1) is 8.35. The summed E-state index contributed by atoms with van der Waals surface area (Å²) in [4.78, 5) is 12.7. The van der Waals surface area contributed by atoms with Crippen molar-refractivity contribution in [2.75, 3.05) is 18.0 Å². The summed E-state index contributed by atoms with van der Waals surface area (Å²) in [7, 11) is 0. The van der Waals surface area contributed by atoms with Crippen LogP contribution in [-0.2, 0) is 0 Å². The van der Waals surface area contributed by atoms with Gasteiger partial charge in [-0.3, -0.25) is 4.79 Å². The fourth-order valence-electron chi connectivity index (χ4n) is 1.72. The second kappa shape index (κ2) is 3.64. The minimum absolute atomic E-state index is 0.417. The van der Waals surface area contributed by atoms with Gasteiger partial charge in [-0.1, -0.05) is 0 Å². The number of carbonyl (C=O) groups is 1. The molecule has 0 amide bonds. The zero-order chi connectivity index (χ0) is 9.10. The van der Waals surface area contributed by atoms with E-state index in [0.29, 0.717) is 5.76 Å².